The number of amides is 2. The number of fused-ring (bicyclic) bond motifs is 3. The van der Waals surface area contributed by atoms with E-state index in [1.54, 1.807) is 12.2 Å². The summed E-state index contributed by atoms with van der Waals surface area (Å²) in [7, 11) is 1.25. The maximum Gasteiger partial charge on any atom is 0.407 e. The Kier molecular flexibility index (Phi) is 10.5. The fraction of sp³-hybridized carbons (Fsp3) is 0.273. The first-order chi connectivity index (χ1) is 20.4. The first-order valence-electron chi connectivity index (χ1n) is 13.7. The molecule has 2 atom stereocenters. The van der Waals surface area contributed by atoms with Gasteiger partial charge in [-0.05, 0) is 34.2 Å². The summed E-state index contributed by atoms with van der Waals surface area (Å²) in [6.07, 6.45) is 2.68. The molecule has 2 N–H and O–H groups in total. The van der Waals surface area contributed by atoms with E-state index in [4.69, 9.17) is 14.2 Å². The molecular weight excluding hydrogens is 536 g/mol. The third-order valence-electron chi connectivity index (χ3n) is 6.96. The van der Waals surface area contributed by atoms with Crippen LogP contribution in [0.2, 0.25) is 0 Å². The van der Waals surface area contributed by atoms with Crippen LogP contribution in [0, 0.1) is 0 Å². The van der Waals surface area contributed by atoms with E-state index in [2.05, 4.69) is 10.6 Å². The first-order valence-corrected chi connectivity index (χ1v) is 13.7. The average Bonchev–Trinajstić information content (AvgIpc) is 3.32. The highest BCUT2D eigenvalue weighted by Gasteiger charge is 2.31. The molecule has 0 aliphatic heterocycles. The first kappa shape index (κ1) is 30.0. The van der Waals surface area contributed by atoms with Crippen molar-refractivity contribution < 1.29 is 33.4 Å². The van der Waals surface area contributed by atoms with E-state index in [0.29, 0.717) is 0 Å². The molecule has 9 heteroatoms. The minimum atomic E-state index is -1.07. The van der Waals surface area contributed by atoms with Crippen LogP contribution >= 0.6 is 0 Å². The van der Waals surface area contributed by atoms with Gasteiger partial charge in [0.15, 0.2) is 0 Å². The van der Waals surface area contributed by atoms with Crippen molar-refractivity contribution in [1.82, 2.24) is 10.6 Å². The highest BCUT2D eigenvalue weighted by molar-refractivity contribution is 5.90. The largest absolute Gasteiger partial charge is 0.467 e. The molecule has 218 valence electrons. The van der Waals surface area contributed by atoms with Gasteiger partial charge in [0.05, 0.1) is 7.11 Å². The van der Waals surface area contributed by atoms with Gasteiger partial charge in [0.2, 0.25) is 5.91 Å². The van der Waals surface area contributed by atoms with Crippen molar-refractivity contribution in [3.8, 4) is 11.1 Å². The van der Waals surface area contributed by atoms with Crippen LogP contribution in [-0.2, 0) is 35.0 Å². The van der Waals surface area contributed by atoms with Crippen LogP contribution in [0.1, 0.15) is 36.0 Å². The minimum absolute atomic E-state index is 0.0212. The number of methoxy groups -OCH3 is 1. The Morgan fingerprint density at radius 3 is 2.02 bits per heavy atom. The predicted molar refractivity (Wildman–Crippen MR) is 156 cm³/mol. The zero-order chi connectivity index (χ0) is 29.9. The van der Waals surface area contributed by atoms with Crippen molar-refractivity contribution in [1.29, 1.82) is 0 Å². The summed E-state index contributed by atoms with van der Waals surface area (Å²) >= 11 is 0. The molecule has 0 saturated carbocycles. The number of hydrogen-bond acceptors (Lipinski definition) is 7. The van der Waals surface area contributed by atoms with Crippen molar-refractivity contribution in [2.24, 2.45) is 0 Å². The molecule has 0 spiro atoms. The van der Waals surface area contributed by atoms with Crippen molar-refractivity contribution in [2.45, 2.75) is 37.8 Å². The molecule has 42 heavy (non-hydrogen) atoms. The quantitative estimate of drug-likeness (QED) is 0.189. The molecular formula is C33H34N2O7. The van der Waals surface area contributed by atoms with Crippen LogP contribution < -0.4 is 10.6 Å². The SMILES string of the molecule is COC(=O)[C@H](Cc1ccccc1)NC(=O)[C@H](CC=CCOC(C)=O)NC(=O)OCC1c2ccccc2-c2ccccc21. The number of nitrogens with one attached hydrogen (secondary N) is 2. The third-order valence-corrected chi connectivity index (χ3v) is 6.96. The molecule has 3 aromatic carbocycles. The van der Waals surface area contributed by atoms with E-state index in [-0.39, 0.29) is 32.0 Å². The van der Waals surface area contributed by atoms with Gasteiger partial charge >= 0.3 is 18.0 Å². The molecule has 2 amide bonds. The zero-order valence-electron chi connectivity index (χ0n) is 23.6. The Balaban J connectivity index is 1.44. The fourth-order valence-corrected chi connectivity index (χ4v) is 4.94. The summed E-state index contributed by atoms with van der Waals surface area (Å²) in [4.78, 5) is 49.9. The average molecular weight is 571 g/mol. The number of alkyl carbamates (subject to hydrolysis) is 1. The standard InChI is InChI=1S/C33H34N2O7/c1-22(36)41-19-11-10-18-29(31(37)34-30(32(38)40-2)20-23-12-4-3-5-13-23)35-33(39)42-21-28-26-16-8-6-14-24(26)25-15-7-9-17-27(25)28/h3-17,28-30H,18-21H2,1-2H3,(H,34,37)(H,35,39)/t29-,30-/m0/s1. The van der Waals surface area contributed by atoms with Gasteiger partial charge in [-0.25, -0.2) is 9.59 Å². The van der Waals surface area contributed by atoms with Crippen LogP contribution in [-0.4, -0.2) is 56.3 Å². The van der Waals surface area contributed by atoms with Crippen LogP contribution in [0.4, 0.5) is 4.79 Å². The second-order valence-corrected chi connectivity index (χ2v) is 9.81. The summed E-state index contributed by atoms with van der Waals surface area (Å²) in [6, 6.07) is 23.1. The number of carbonyl (C=O) groups excluding carboxylic acids is 4. The predicted octanol–water partition coefficient (Wildman–Crippen LogP) is 4.30. The highest BCUT2D eigenvalue weighted by atomic mass is 16.5. The van der Waals surface area contributed by atoms with Crippen LogP contribution in [0.25, 0.3) is 11.1 Å². The van der Waals surface area contributed by atoms with Gasteiger partial charge in [0.1, 0.15) is 25.3 Å². The van der Waals surface area contributed by atoms with Crippen LogP contribution in [0.5, 0.6) is 0 Å². The molecule has 4 rings (SSSR count). The normalized spacial score (nSPS) is 13.4. The smallest absolute Gasteiger partial charge is 0.407 e. The molecule has 0 aromatic heterocycles. The van der Waals surface area contributed by atoms with Crippen LogP contribution in [0.3, 0.4) is 0 Å². The lowest BCUT2D eigenvalue weighted by atomic mass is 9.98. The molecule has 0 heterocycles. The van der Waals surface area contributed by atoms with Gasteiger partial charge in [0, 0.05) is 19.3 Å². The molecule has 1 aliphatic rings. The Hall–Kier alpha value is -4.92. The number of benzene rings is 3. The van der Waals surface area contributed by atoms with E-state index < -0.39 is 36.0 Å². The van der Waals surface area contributed by atoms with Gasteiger partial charge in [-0.1, -0.05) is 91.0 Å². The number of esters is 2. The van der Waals surface area contributed by atoms with E-state index in [1.165, 1.54) is 14.0 Å². The summed E-state index contributed by atoms with van der Waals surface area (Å²) in [6.45, 7) is 1.39. The molecule has 1 aliphatic carbocycles. The molecule has 0 radical (unpaired) electrons. The zero-order valence-corrected chi connectivity index (χ0v) is 23.6. The molecule has 9 nitrogen and oxygen atoms in total. The maximum atomic E-state index is 13.4. The fourth-order valence-electron chi connectivity index (χ4n) is 4.94. The molecule has 0 saturated heterocycles. The van der Waals surface area contributed by atoms with E-state index in [9.17, 15) is 19.2 Å². The van der Waals surface area contributed by atoms with Crippen LogP contribution in [0.15, 0.2) is 91.0 Å². The van der Waals surface area contributed by atoms with Crippen molar-refractivity contribution in [3.63, 3.8) is 0 Å². The van der Waals surface area contributed by atoms with E-state index in [0.717, 1.165) is 27.8 Å². The monoisotopic (exact) mass is 570 g/mol. The van der Waals surface area contributed by atoms with Crippen molar-refractivity contribution in [2.75, 3.05) is 20.3 Å². The highest BCUT2D eigenvalue weighted by Crippen LogP contribution is 2.44. The third kappa shape index (κ3) is 7.84. The summed E-state index contributed by atoms with van der Waals surface area (Å²) in [5.74, 6) is -1.79. The maximum absolute atomic E-state index is 13.4. The van der Waals surface area contributed by atoms with Crippen molar-refractivity contribution in [3.05, 3.63) is 108 Å². The Labute approximate surface area is 244 Å². The number of carbonyl (C=O) groups is 4. The number of ether oxygens (including phenoxy) is 3. The Morgan fingerprint density at radius 2 is 1.40 bits per heavy atom. The molecule has 0 unspecified atom stereocenters. The topological polar surface area (TPSA) is 120 Å². The van der Waals surface area contributed by atoms with Gasteiger partial charge < -0.3 is 24.8 Å². The second kappa shape index (κ2) is 14.6. The number of hydrogen-bond donors (Lipinski definition) is 2. The van der Waals surface area contributed by atoms with Gasteiger partial charge in [-0.15, -0.1) is 0 Å². The second-order valence-electron chi connectivity index (χ2n) is 9.81. The Morgan fingerprint density at radius 1 is 0.786 bits per heavy atom. The van der Waals surface area contributed by atoms with Gasteiger partial charge in [-0.2, -0.15) is 0 Å². The summed E-state index contributed by atoms with van der Waals surface area (Å²) in [5, 5.41) is 5.33. The Bertz CT molecular complexity index is 1390. The lowest BCUT2D eigenvalue weighted by Crippen LogP contribution is -2.52. The molecule has 0 bridgehead atoms. The molecule has 0 fully saturated rings. The summed E-state index contributed by atoms with van der Waals surface area (Å²) < 4.78 is 15.4. The lowest BCUT2D eigenvalue weighted by molar-refractivity contribution is -0.145. The van der Waals surface area contributed by atoms with Crippen molar-refractivity contribution >= 4 is 23.9 Å². The minimum Gasteiger partial charge on any atom is -0.467 e. The van der Waals surface area contributed by atoms with Gasteiger partial charge in [-0.3, -0.25) is 9.59 Å². The van der Waals surface area contributed by atoms with E-state index >= 15 is 0 Å². The summed E-state index contributed by atoms with van der Waals surface area (Å²) in [5.41, 5.74) is 5.16. The van der Waals surface area contributed by atoms with E-state index in [1.807, 2.05) is 78.9 Å². The molecule has 3 aromatic rings. The van der Waals surface area contributed by atoms with Gasteiger partial charge in [0.25, 0.3) is 0 Å². The lowest BCUT2D eigenvalue weighted by Gasteiger charge is -2.22. The number of rotatable bonds is 12.